The predicted molar refractivity (Wildman–Crippen MR) is 71.5 cm³/mol. The van der Waals surface area contributed by atoms with Crippen LogP contribution in [0.15, 0.2) is 18.2 Å². The Balaban J connectivity index is 2.07. The number of rotatable bonds is 4. The van der Waals surface area contributed by atoms with Crippen molar-refractivity contribution < 1.29 is 9.47 Å². The number of thiocarbonyl (C=S) groups is 1. The molecule has 4 heteroatoms. The van der Waals surface area contributed by atoms with Gasteiger partial charge in [-0.3, -0.25) is 0 Å². The van der Waals surface area contributed by atoms with Crippen LogP contribution in [-0.4, -0.2) is 24.8 Å². The summed E-state index contributed by atoms with van der Waals surface area (Å²) in [4.78, 5) is 0.377. The largest absolute Gasteiger partial charge is 0.492 e. The topological polar surface area (TPSA) is 44.5 Å². The zero-order chi connectivity index (χ0) is 12.3. The van der Waals surface area contributed by atoms with Crippen molar-refractivity contribution in [3.63, 3.8) is 0 Å². The molecule has 0 spiro atoms. The molecule has 92 valence electrons. The van der Waals surface area contributed by atoms with Gasteiger partial charge >= 0.3 is 0 Å². The number of ether oxygens (including phenoxy) is 2. The molecule has 0 amide bonds. The van der Waals surface area contributed by atoms with E-state index in [1.165, 1.54) is 0 Å². The van der Waals surface area contributed by atoms with Gasteiger partial charge in [0.15, 0.2) is 0 Å². The van der Waals surface area contributed by atoms with E-state index in [0.717, 1.165) is 36.5 Å². The minimum atomic E-state index is 0.377. The smallest absolute Gasteiger partial charge is 0.129 e. The number of hydrogen-bond acceptors (Lipinski definition) is 3. The zero-order valence-electron chi connectivity index (χ0n) is 9.94. The summed E-state index contributed by atoms with van der Waals surface area (Å²) in [5.41, 5.74) is 7.63. The van der Waals surface area contributed by atoms with Gasteiger partial charge in [0.1, 0.15) is 10.7 Å². The molecule has 1 fully saturated rings. The second-order valence-electron chi connectivity index (χ2n) is 4.40. The molecule has 1 saturated heterocycles. The molecule has 0 aromatic heterocycles. The monoisotopic (exact) mass is 251 g/mol. The van der Waals surface area contributed by atoms with Crippen LogP contribution in [0.4, 0.5) is 0 Å². The lowest BCUT2D eigenvalue weighted by Crippen LogP contribution is -2.16. The molecule has 0 aliphatic carbocycles. The normalized spacial score (nSPS) is 19.2. The van der Waals surface area contributed by atoms with E-state index in [-0.39, 0.29) is 0 Å². The van der Waals surface area contributed by atoms with Gasteiger partial charge in [0.25, 0.3) is 0 Å². The quantitative estimate of drug-likeness (QED) is 0.832. The van der Waals surface area contributed by atoms with E-state index >= 15 is 0 Å². The summed E-state index contributed by atoms with van der Waals surface area (Å²) in [6.07, 6.45) is 1.06. The van der Waals surface area contributed by atoms with E-state index in [2.05, 4.69) is 0 Å². The second-order valence-corrected chi connectivity index (χ2v) is 4.84. The molecule has 0 bridgehead atoms. The van der Waals surface area contributed by atoms with Crippen molar-refractivity contribution in [2.45, 2.75) is 13.3 Å². The van der Waals surface area contributed by atoms with Crippen molar-refractivity contribution in [1.29, 1.82) is 0 Å². The predicted octanol–water partition coefficient (Wildman–Crippen LogP) is 2.04. The van der Waals surface area contributed by atoms with Crippen LogP contribution in [0.25, 0.3) is 0 Å². The molecule has 1 unspecified atom stereocenters. The van der Waals surface area contributed by atoms with Gasteiger partial charge in [0.05, 0.1) is 18.8 Å². The van der Waals surface area contributed by atoms with Gasteiger partial charge in [0.2, 0.25) is 0 Å². The summed E-state index contributed by atoms with van der Waals surface area (Å²) < 4.78 is 11.1. The molecule has 2 rings (SSSR count). The Kier molecular flexibility index (Phi) is 3.97. The van der Waals surface area contributed by atoms with Gasteiger partial charge < -0.3 is 15.2 Å². The van der Waals surface area contributed by atoms with Crippen LogP contribution in [0, 0.1) is 12.8 Å². The molecule has 2 N–H and O–H groups in total. The van der Waals surface area contributed by atoms with Crippen molar-refractivity contribution in [3.05, 3.63) is 29.3 Å². The molecule has 1 heterocycles. The minimum absolute atomic E-state index is 0.377. The maximum Gasteiger partial charge on any atom is 0.129 e. The number of aryl methyl sites for hydroxylation is 1. The highest BCUT2D eigenvalue weighted by Crippen LogP contribution is 2.22. The van der Waals surface area contributed by atoms with Crippen LogP contribution in [-0.2, 0) is 4.74 Å². The Morgan fingerprint density at radius 3 is 3.06 bits per heavy atom. The van der Waals surface area contributed by atoms with E-state index < -0.39 is 0 Å². The molecule has 1 aromatic rings. The van der Waals surface area contributed by atoms with Crippen molar-refractivity contribution in [2.75, 3.05) is 19.8 Å². The Hall–Kier alpha value is -1.13. The maximum absolute atomic E-state index is 5.82. The Bertz CT molecular complexity index is 414. The standard InChI is InChI=1S/C13H17NO2S/c1-9-2-3-11(13(14)17)12(6-9)16-8-10-4-5-15-7-10/h2-3,6,10H,4-5,7-8H2,1H3,(H2,14,17). The van der Waals surface area contributed by atoms with Crippen molar-refractivity contribution >= 4 is 17.2 Å². The van der Waals surface area contributed by atoms with Crippen molar-refractivity contribution in [1.82, 2.24) is 0 Å². The fourth-order valence-corrected chi connectivity index (χ4v) is 2.04. The van der Waals surface area contributed by atoms with Gasteiger partial charge in [-0.2, -0.15) is 0 Å². The lowest BCUT2D eigenvalue weighted by Gasteiger charge is -2.14. The molecule has 1 aliphatic rings. The lowest BCUT2D eigenvalue weighted by atomic mass is 10.1. The molecule has 17 heavy (non-hydrogen) atoms. The summed E-state index contributed by atoms with van der Waals surface area (Å²) in [7, 11) is 0. The molecule has 3 nitrogen and oxygen atoms in total. The Labute approximate surface area is 107 Å². The summed E-state index contributed by atoms with van der Waals surface area (Å²) in [5.74, 6) is 1.26. The van der Waals surface area contributed by atoms with Crippen molar-refractivity contribution in [3.8, 4) is 5.75 Å². The highest BCUT2D eigenvalue weighted by molar-refractivity contribution is 7.80. The molecule has 0 radical (unpaired) electrons. The molecule has 0 saturated carbocycles. The fourth-order valence-electron chi connectivity index (χ4n) is 1.87. The van der Waals surface area contributed by atoms with Crippen LogP contribution in [0.2, 0.25) is 0 Å². The van der Waals surface area contributed by atoms with Gasteiger partial charge in [-0.1, -0.05) is 18.3 Å². The lowest BCUT2D eigenvalue weighted by molar-refractivity contribution is 0.167. The Morgan fingerprint density at radius 1 is 1.59 bits per heavy atom. The first-order valence-electron chi connectivity index (χ1n) is 5.78. The summed E-state index contributed by atoms with van der Waals surface area (Å²) in [5, 5.41) is 0. The molecular formula is C13H17NO2S. The first kappa shape index (κ1) is 12.3. The van der Waals surface area contributed by atoms with Gasteiger partial charge in [0, 0.05) is 12.5 Å². The minimum Gasteiger partial charge on any atom is -0.492 e. The number of benzene rings is 1. The van der Waals surface area contributed by atoms with E-state index in [1.54, 1.807) is 0 Å². The third-order valence-electron chi connectivity index (χ3n) is 2.90. The number of hydrogen-bond donors (Lipinski definition) is 1. The average Bonchev–Trinajstić information content (AvgIpc) is 2.78. The Morgan fingerprint density at radius 2 is 2.41 bits per heavy atom. The van der Waals surface area contributed by atoms with Crippen LogP contribution in [0.3, 0.4) is 0 Å². The fraction of sp³-hybridized carbons (Fsp3) is 0.462. The summed E-state index contributed by atoms with van der Waals surface area (Å²) in [6, 6.07) is 5.88. The highest BCUT2D eigenvalue weighted by atomic mass is 32.1. The third kappa shape index (κ3) is 3.17. The van der Waals surface area contributed by atoms with E-state index in [9.17, 15) is 0 Å². The summed E-state index contributed by atoms with van der Waals surface area (Å²) >= 11 is 5.01. The summed E-state index contributed by atoms with van der Waals surface area (Å²) in [6.45, 7) is 4.31. The molecular weight excluding hydrogens is 234 g/mol. The van der Waals surface area contributed by atoms with Gasteiger partial charge in [-0.25, -0.2) is 0 Å². The third-order valence-corrected chi connectivity index (χ3v) is 3.12. The van der Waals surface area contributed by atoms with Crippen LogP contribution in [0.5, 0.6) is 5.75 Å². The van der Waals surface area contributed by atoms with Gasteiger partial charge in [-0.15, -0.1) is 0 Å². The molecule has 1 atom stereocenters. The van der Waals surface area contributed by atoms with E-state index in [4.69, 9.17) is 27.4 Å². The SMILES string of the molecule is Cc1ccc(C(N)=S)c(OCC2CCOC2)c1. The van der Waals surface area contributed by atoms with Crippen molar-refractivity contribution in [2.24, 2.45) is 11.7 Å². The van der Waals surface area contributed by atoms with Crippen LogP contribution in [0.1, 0.15) is 17.5 Å². The van der Waals surface area contributed by atoms with E-state index in [0.29, 0.717) is 17.5 Å². The maximum atomic E-state index is 5.82. The second kappa shape index (κ2) is 5.47. The average molecular weight is 251 g/mol. The van der Waals surface area contributed by atoms with Gasteiger partial charge in [-0.05, 0) is 31.0 Å². The number of nitrogens with two attached hydrogens (primary N) is 1. The zero-order valence-corrected chi connectivity index (χ0v) is 10.8. The molecule has 1 aliphatic heterocycles. The first-order valence-corrected chi connectivity index (χ1v) is 6.18. The van der Waals surface area contributed by atoms with Crippen LogP contribution < -0.4 is 10.5 Å². The first-order chi connectivity index (χ1) is 8.16. The highest BCUT2D eigenvalue weighted by Gasteiger charge is 2.17. The van der Waals surface area contributed by atoms with E-state index in [1.807, 2.05) is 25.1 Å². The van der Waals surface area contributed by atoms with Crippen LogP contribution >= 0.6 is 12.2 Å². The molecule has 1 aromatic carbocycles.